The Labute approximate surface area is 95.3 Å². The van der Waals surface area contributed by atoms with Crippen molar-refractivity contribution in [3.05, 3.63) is 35.9 Å². The van der Waals surface area contributed by atoms with Gasteiger partial charge in [-0.3, -0.25) is 0 Å². The molecule has 0 saturated heterocycles. The third kappa shape index (κ3) is 5.14. The highest BCUT2D eigenvalue weighted by molar-refractivity contribution is 5.80. The number of hydrogen-bond acceptors (Lipinski definition) is 3. The molecule has 1 amide bonds. The summed E-state index contributed by atoms with van der Waals surface area (Å²) in [7, 11) is 0. The topological polar surface area (TPSA) is 50.7 Å². The van der Waals surface area contributed by atoms with Crippen molar-refractivity contribution in [3.63, 3.8) is 0 Å². The van der Waals surface area contributed by atoms with Gasteiger partial charge in [0, 0.05) is 0 Å². The minimum atomic E-state index is -0.513. The van der Waals surface area contributed by atoms with Crippen LogP contribution in [0.2, 0.25) is 0 Å². The van der Waals surface area contributed by atoms with E-state index in [1.807, 2.05) is 37.3 Å². The van der Waals surface area contributed by atoms with E-state index in [0.29, 0.717) is 6.61 Å². The lowest BCUT2D eigenvalue weighted by Crippen LogP contribution is -2.19. The molecule has 4 nitrogen and oxygen atoms in total. The number of amides is 1. The Kier molecular flexibility index (Phi) is 5.70. The molecule has 1 rings (SSSR count). The smallest absolute Gasteiger partial charge is 0.427 e. The fourth-order valence-electron chi connectivity index (χ4n) is 1.04. The van der Waals surface area contributed by atoms with Crippen molar-refractivity contribution in [2.75, 3.05) is 6.61 Å². The Hall–Kier alpha value is -1.84. The Morgan fingerprint density at radius 3 is 2.88 bits per heavy atom. The minimum Gasteiger partial charge on any atom is -0.448 e. The number of ether oxygens (including phenoxy) is 1. The van der Waals surface area contributed by atoms with Gasteiger partial charge in [0.2, 0.25) is 0 Å². The number of carbonyl (C=O) groups excluding carboxylic acids is 1. The molecule has 0 bridgehead atoms. The van der Waals surface area contributed by atoms with Crippen molar-refractivity contribution in [2.45, 2.75) is 19.8 Å². The third-order valence-corrected chi connectivity index (χ3v) is 1.90. The number of nitrogens with one attached hydrogen (secondary N) is 1. The van der Waals surface area contributed by atoms with Crippen LogP contribution in [0.15, 0.2) is 35.4 Å². The van der Waals surface area contributed by atoms with E-state index in [2.05, 4.69) is 10.5 Å². The molecule has 1 aromatic rings. The van der Waals surface area contributed by atoms with Crippen LogP contribution in [-0.4, -0.2) is 18.9 Å². The Balaban J connectivity index is 2.24. The van der Waals surface area contributed by atoms with E-state index in [4.69, 9.17) is 4.74 Å². The van der Waals surface area contributed by atoms with E-state index in [1.165, 1.54) is 0 Å². The molecule has 0 aliphatic rings. The summed E-state index contributed by atoms with van der Waals surface area (Å²) in [5, 5.41) is 3.77. The van der Waals surface area contributed by atoms with E-state index in [-0.39, 0.29) is 0 Å². The summed E-state index contributed by atoms with van der Waals surface area (Å²) < 4.78 is 4.86. The van der Waals surface area contributed by atoms with Crippen LogP contribution in [0.5, 0.6) is 0 Å². The standard InChI is InChI=1S/C12H16N2O2/c1-2-3-9-16-12(15)14-13-10-11-7-5-4-6-8-11/h4-8,10H,2-3,9H2,1H3,(H,14,15). The van der Waals surface area contributed by atoms with E-state index in [1.54, 1.807) is 6.21 Å². The molecule has 1 aromatic carbocycles. The molecular weight excluding hydrogens is 204 g/mol. The second kappa shape index (κ2) is 7.45. The molecule has 0 heterocycles. The molecule has 0 atom stereocenters. The van der Waals surface area contributed by atoms with Crippen LogP contribution in [0, 0.1) is 0 Å². The Bertz CT molecular complexity index is 336. The minimum absolute atomic E-state index is 0.434. The van der Waals surface area contributed by atoms with Gasteiger partial charge in [0.15, 0.2) is 0 Å². The zero-order chi connectivity index (χ0) is 11.6. The van der Waals surface area contributed by atoms with Gasteiger partial charge in [0.05, 0.1) is 12.8 Å². The van der Waals surface area contributed by atoms with Crippen LogP contribution in [0.25, 0.3) is 0 Å². The SMILES string of the molecule is CCCCOC(=O)NN=Cc1ccccc1. The highest BCUT2D eigenvalue weighted by Crippen LogP contribution is 1.93. The molecule has 0 aliphatic heterocycles. The zero-order valence-electron chi connectivity index (χ0n) is 9.35. The highest BCUT2D eigenvalue weighted by atomic mass is 16.5. The van der Waals surface area contributed by atoms with E-state index in [9.17, 15) is 4.79 Å². The zero-order valence-corrected chi connectivity index (χ0v) is 9.35. The summed E-state index contributed by atoms with van der Waals surface area (Å²) in [6, 6.07) is 9.52. The lowest BCUT2D eigenvalue weighted by atomic mass is 10.2. The van der Waals surface area contributed by atoms with Crippen molar-refractivity contribution < 1.29 is 9.53 Å². The van der Waals surface area contributed by atoms with Crippen LogP contribution in [0.3, 0.4) is 0 Å². The summed E-state index contributed by atoms with van der Waals surface area (Å²) in [5.74, 6) is 0. The van der Waals surface area contributed by atoms with Crippen LogP contribution in [0.4, 0.5) is 4.79 Å². The maximum atomic E-state index is 11.1. The van der Waals surface area contributed by atoms with Crippen molar-refractivity contribution in [1.29, 1.82) is 0 Å². The lowest BCUT2D eigenvalue weighted by molar-refractivity contribution is 0.145. The summed E-state index contributed by atoms with van der Waals surface area (Å²) in [4.78, 5) is 11.1. The van der Waals surface area contributed by atoms with Crippen molar-refractivity contribution in [3.8, 4) is 0 Å². The van der Waals surface area contributed by atoms with Crippen molar-refractivity contribution >= 4 is 12.3 Å². The number of rotatable bonds is 5. The van der Waals surface area contributed by atoms with E-state index < -0.39 is 6.09 Å². The van der Waals surface area contributed by atoms with Gasteiger partial charge in [0.25, 0.3) is 0 Å². The predicted molar refractivity (Wildman–Crippen MR) is 63.4 cm³/mol. The van der Waals surface area contributed by atoms with Gasteiger partial charge in [-0.2, -0.15) is 5.10 Å². The quantitative estimate of drug-likeness (QED) is 0.471. The number of benzene rings is 1. The average molecular weight is 220 g/mol. The van der Waals surface area contributed by atoms with Gasteiger partial charge in [-0.25, -0.2) is 10.2 Å². The lowest BCUT2D eigenvalue weighted by Gasteiger charge is -2.01. The number of hydrazone groups is 1. The van der Waals surface area contributed by atoms with Crippen molar-refractivity contribution in [2.24, 2.45) is 5.10 Å². The summed E-state index contributed by atoms with van der Waals surface area (Å²) in [6.45, 7) is 2.47. The van der Waals surface area contributed by atoms with Gasteiger partial charge in [-0.05, 0) is 12.0 Å². The maximum absolute atomic E-state index is 11.1. The highest BCUT2D eigenvalue weighted by Gasteiger charge is 1.97. The first-order chi connectivity index (χ1) is 7.83. The Morgan fingerprint density at radius 1 is 1.44 bits per heavy atom. The molecular formula is C12H16N2O2. The summed E-state index contributed by atoms with van der Waals surface area (Å²) in [5.41, 5.74) is 3.23. The normalized spacial score (nSPS) is 10.3. The summed E-state index contributed by atoms with van der Waals surface area (Å²) >= 11 is 0. The molecule has 0 saturated carbocycles. The van der Waals surface area contributed by atoms with Crippen molar-refractivity contribution in [1.82, 2.24) is 5.43 Å². The third-order valence-electron chi connectivity index (χ3n) is 1.90. The van der Waals surface area contributed by atoms with Gasteiger partial charge < -0.3 is 4.74 Å². The Morgan fingerprint density at radius 2 is 2.19 bits per heavy atom. The predicted octanol–water partition coefficient (Wildman–Crippen LogP) is 2.55. The average Bonchev–Trinajstić information content (AvgIpc) is 2.31. The number of nitrogens with zero attached hydrogens (tertiary/aromatic N) is 1. The second-order valence-corrected chi connectivity index (χ2v) is 3.27. The first kappa shape index (κ1) is 12.2. The first-order valence-electron chi connectivity index (χ1n) is 5.34. The molecule has 0 aromatic heterocycles. The van der Waals surface area contributed by atoms with Crippen LogP contribution >= 0.6 is 0 Å². The van der Waals surface area contributed by atoms with Crippen LogP contribution in [0.1, 0.15) is 25.3 Å². The van der Waals surface area contributed by atoms with E-state index >= 15 is 0 Å². The largest absolute Gasteiger partial charge is 0.448 e. The number of hydrogen-bond donors (Lipinski definition) is 1. The molecule has 4 heteroatoms. The fourth-order valence-corrected chi connectivity index (χ4v) is 1.04. The molecule has 86 valence electrons. The number of unbranched alkanes of at least 4 members (excludes halogenated alkanes) is 1. The van der Waals surface area contributed by atoms with Crippen LogP contribution in [-0.2, 0) is 4.74 Å². The molecule has 0 aliphatic carbocycles. The molecule has 1 N–H and O–H groups in total. The molecule has 0 radical (unpaired) electrons. The first-order valence-corrected chi connectivity index (χ1v) is 5.34. The van der Waals surface area contributed by atoms with Gasteiger partial charge >= 0.3 is 6.09 Å². The van der Waals surface area contributed by atoms with E-state index in [0.717, 1.165) is 18.4 Å². The monoisotopic (exact) mass is 220 g/mol. The van der Waals surface area contributed by atoms with Gasteiger partial charge in [-0.1, -0.05) is 43.7 Å². The summed E-state index contributed by atoms with van der Waals surface area (Å²) in [6.07, 6.45) is 2.93. The molecule has 0 spiro atoms. The van der Waals surface area contributed by atoms with Gasteiger partial charge in [-0.15, -0.1) is 0 Å². The fraction of sp³-hybridized carbons (Fsp3) is 0.333. The second-order valence-electron chi connectivity index (χ2n) is 3.27. The van der Waals surface area contributed by atoms with Crippen LogP contribution < -0.4 is 5.43 Å². The maximum Gasteiger partial charge on any atom is 0.427 e. The molecule has 0 fully saturated rings. The van der Waals surface area contributed by atoms with Gasteiger partial charge in [0.1, 0.15) is 0 Å². The molecule has 0 unspecified atom stereocenters. The molecule has 16 heavy (non-hydrogen) atoms. The number of carbonyl (C=O) groups is 1.